The van der Waals surface area contributed by atoms with Gasteiger partial charge in [-0.05, 0) is 29.2 Å². The molecule has 0 aliphatic rings. The molecule has 0 fully saturated rings. The molecule has 0 aliphatic carbocycles. The molecular formula is C21H25FN2O3. The fourth-order valence-electron chi connectivity index (χ4n) is 2.52. The highest BCUT2D eigenvalue weighted by Crippen LogP contribution is 2.30. The number of amides is 2. The predicted molar refractivity (Wildman–Crippen MR) is 102 cm³/mol. The van der Waals surface area contributed by atoms with Crippen molar-refractivity contribution in [3.8, 4) is 5.75 Å². The number of para-hydroxylation sites is 1. The van der Waals surface area contributed by atoms with Crippen LogP contribution in [-0.4, -0.2) is 31.5 Å². The summed E-state index contributed by atoms with van der Waals surface area (Å²) in [6, 6.07) is 13.4. The number of halogens is 1. The van der Waals surface area contributed by atoms with E-state index < -0.39 is 11.7 Å². The summed E-state index contributed by atoms with van der Waals surface area (Å²) in [5.74, 6) is -0.713. The maximum absolute atomic E-state index is 13.5. The number of ether oxygens (including phenoxy) is 1. The van der Waals surface area contributed by atoms with E-state index in [1.54, 1.807) is 6.07 Å². The van der Waals surface area contributed by atoms with Crippen LogP contribution in [0.25, 0.3) is 0 Å². The quantitative estimate of drug-likeness (QED) is 0.734. The first-order valence-electron chi connectivity index (χ1n) is 8.81. The third-order valence-corrected chi connectivity index (χ3v) is 3.91. The van der Waals surface area contributed by atoms with Gasteiger partial charge in [-0.25, -0.2) is 4.39 Å². The van der Waals surface area contributed by atoms with Gasteiger partial charge in [0, 0.05) is 13.1 Å². The van der Waals surface area contributed by atoms with Crippen LogP contribution in [0, 0.1) is 5.82 Å². The number of carbonyl (C=O) groups excluding carboxylic acids is 2. The standard InChI is InChI=1S/C21H25FN2O3/c1-21(2,3)16-9-5-7-11-18(16)27-14-19(25)23-12-13-24-20(26)15-8-4-6-10-17(15)22/h4-11H,12-14H2,1-3H3,(H,23,25)(H,24,26). The summed E-state index contributed by atoms with van der Waals surface area (Å²) in [6.07, 6.45) is 0. The first-order chi connectivity index (χ1) is 12.8. The number of carbonyl (C=O) groups is 2. The smallest absolute Gasteiger partial charge is 0.258 e. The van der Waals surface area contributed by atoms with Gasteiger partial charge >= 0.3 is 0 Å². The van der Waals surface area contributed by atoms with Crippen molar-refractivity contribution in [2.45, 2.75) is 26.2 Å². The minimum atomic E-state index is -0.579. The summed E-state index contributed by atoms with van der Waals surface area (Å²) in [6.45, 7) is 6.53. The molecule has 0 saturated heterocycles. The van der Waals surface area contributed by atoms with Gasteiger partial charge in [-0.3, -0.25) is 9.59 Å². The molecule has 0 bridgehead atoms. The van der Waals surface area contributed by atoms with Crippen LogP contribution in [0.1, 0.15) is 36.7 Å². The van der Waals surface area contributed by atoms with Gasteiger partial charge in [0.25, 0.3) is 11.8 Å². The van der Waals surface area contributed by atoms with Crippen molar-refractivity contribution in [2.75, 3.05) is 19.7 Å². The molecule has 144 valence electrons. The molecule has 0 heterocycles. The highest BCUT2D eigenvalue weighted by atomic mass is 19.1. The Kier molecular flexibility index (Phi) is 6.93. The second-order valence-corrected chi connectivity index (χ2v) is 7.12. The largest absolute Gasteiger partial charge is 0.483 e. The fraction of sp³-hybridized carbons (Fsp3) is 0.333. The summed E-state index contributed by atoms with van der Waals surface area (Å²) in [4.78, 5) is 23.8. The Balaban J connectivity index is 1.75. The van der Waals surface area contributed by atoms with Crippen LogP contribution in [0.4, 0.5) is 4.39 Å². The Morgan fingerprint density at radius 3 is 2.30 bits per heavy atom. The fourth-order valence-corrected chi connectivity index (χ4v) is 2.52. The van der Waals surface area contributed by atoms with E-state index in [1.807, 2.05) is 24.3 Å². The van der Waals surface area contributed by atoms with E-state index in [9.17, 15) is 14.0 Å². The first kappa shape index (κ1) is 20.4. The van der Waals surface area contributed by atoms with E-state index in [0.717, 1.165) is 5.56 Å². The van der Waals surface area contributed by atoms with E-state index in [0.29, 0.717) is 5.75 Å². The van der Waals surface area contributed by atoms with Crippen molar-refractivity contribution in [1.29, 1.82) is 0 Å². The van der Waals surface area contributed by atoms with Crippen LogP contribution < -0.4 is 15.4 Å². The Bertz CT molecular complexity index is 800. The number of benzene rings is 2. The van der Waals surface area contributed by atoms with Crippen molar-refractivity contribution in [3.05, 3.63) is 65.5 Å². The van der Waals surface area contributed by atoms with Crippen LogP contribution in [0.3, 0.4) is 0 Å². The Morgan fingerprint density at radius 1 is 0.963 bits per heavy atom. The average Bonchev–Trinajstić information content (AvgIpc) is 2.63. The van der Waals surface area contributed by atoms with Gasteiger partial charge < -0.3 is 15.4 Å². The lowest BCUT2D eigenvalue weighted by Gasteiger charge is -2.22. The Morgan fingerprint density at radius 2 is 1.59 bits per heavy atom. The lowest BCUT2D eigenvalue weighted by Crippen LogP contribution is -2.37. The van der Waals surface area contributed by atoms with Crippen LogP contribution in [0.2, 0.25) is 0 Å². The molecule has 2 aromatic rings. The molecule has 0 spiro atoms. The average molecular weight is 372 g/mol. The van der Waals surface area contributed by atoms with Crippen LogP contribution in [-0.2, 0) is 10.2 Å². The molecule has 0 unspecified atom stereocenters. The number of nitrogens with one attached hydrogen (secondary N) is 2. The number of hydrogen-bond acceptors (Lipinski definition) is 3. The SMILES string of the molecule is CC(C)(C)c1ccccc1OCC(=O)NCCNC(=O)c1ccccc1F. The minimum absolute atomic E-state index is 0.0223. The zero-order valence-electron chi connectivity index (χ0n) is 15.8. The monoisotopic (exact) mass is 372 g/mol. The molecule has 2 rings (SSSR count). The molecule has 27 heavy (non-hydrogen) atoms. The summed E-state index contributed by atoms with van der Waals surface area (Å²) in [7, 11) is 0. The zero-order valence-corrected chi connectivity index (χ0v) is 15.8. The normalized spacial score (nSPS) is 11.0. The maximum atomic E-state index is 13.5. The van der Waals surface area contributed by atoms with Gasteiger partial charge in [0.05, 0.1) is 5.56 Å². The number of hydrogen-bond donors (Lipinski definition) is 2. The summed E-state index contributed by atoms with van der Waals surface area (Å²) in [5.41, 5.74) is 0.908. The first-order valence-corrected chi connectivity index (χ1v) is 8.81. The summed E-state index contributed by atoms with van der Waals surface area (Å²) >= 11 is 0. The van der Waals surface area contributed by atoms with Gasteiger partial charge in [0.1, 0.15) is 11.6 Å². The molecule has 0 aliphatic heterocycles. The molecule has 0 radical (unpaired) electrons. The predicted octanol–water partition coefficient (Wildman–Crippen LogP) is 3.05. The minimum Gasteiger partial charge on any atom is -0.483 e. The van der Waals surface area contributed by atoms with Crippen molar-refractivity contribution >= 4 is 11.8 Å². The van der Waals surface area contributed by atoms with Gasteiger partial charge in [0.2, 0.25) is 0 Å². The van der Waals surface area contributed by atoms with Crippen LogP contribution in [0.5, 0.6) is 5.75 Å². The summed E-state index contributed by atoms with van der Waals surface area (Å²) < 4.78 is 19.1. The molecule has 0 aromatic heterocycles. The topological polar surface area (TPSA) is 67.4 Å². The highest BCUT2D eigenvalue weighted by Gasteiger charge is 2.18. The van der Waals surface area contributed by atoms with Crippen molar-refractivity contribution < 1.29 is 18.7 Å². The van der Waals surface area contributed by atoms with E-state index in [1.165, 1.54) is 18.2 Å². The molecule has 5 nitrogen and oxygen atoms in total. The van der Waals surface area contributed by atoms with Crippen LogP contribution >= 0.6 is 0 Å². The lowest BCUT2D eigenvalue weighted by atomic mass is 9.86. The second-order valence-electron chi connectivity index (χ2n) is 7.12. The maximum Gasteiger partial charge on any atom is 0.258 e. The molecule has 2 aromatic carbocycles. The lowest BCUT2D eigenvalue weighted by molar-refractivity contribution is -0.123. The Labute approximate surface area is 158 Å². The third-order valence-electron chi connectivity index (χ3n) is 3.91. The van der Waals surface area contributed by atoms with Crippen molar-refractivity contribution in [2.24, 2.45) is 0 Å². The number of rotatable bonds is 7. The van der Waals surface area contributed by atoms with E-state index in [4.69, 9.17) is 4.74 Å². The van der Waals surface area contributed by atoms with Gasteiger partial charge in [0.15, 0.2) is 6.61 Å². The van der Waals surface area contributed by atoms with E-state index >= 15 is 0 Å². The molecular weight excluding hydrogens is 347 g/mol. The molecule has 6 heteroatoms. The molecule has 2 N–H and O–H groups in total. The molecule has 2 amide bonds. The van der Waals surface area contributed by atoms with Gasteiger partial charge in [-0.1, -0.05) is 51.1 Å². The third kappa shape index (κ3) is 6.09. The second kappa shape index (κ2) is 9.16. The van der Waals surface area contributed by atoms with Crippen molar-refractivity contribution in [3.63, 3.8) is 0 Å². The highest BCUT2D eigenvalue weighted by molar-refractivity contribution is 5.94. The van der Waals surface area contributed by atoms with E-state index in [2.05, 4.69) is 31.4 Å². The summed E-state index contributed by atoms with van der Waals surface area (Å²) in [5, 5.41) is 5.22. The molecule has 0 atom stereocenters. The Hall–Kier alpha value is -2.89. The van der Waals surface area contributed by atoms with Gasteiger partial charge in [-0.2, -0.15) is 0 Å². The van der Waals surface area contributed by atoms with Crippen LogP contribution in [0.15, 0.2) is 48.5 Å². The zero-order chi connectivity index (χ0) is 19.9. The van der Waals surface area contributed by atoms with Gasteiger partial charge in [-0.15, -0.1) is 0 Å². The van der Waals surface area contributed by atoms with E-state index in [-0.39, 0.29) is 36.6 Å². The molecule has 0 saturated carbocycles. The van der Waals surface area contributed by atoms with Crippen molar-refractivity contribution in [1.82, 2.24) is 10.6 Å².